The Hall–Kier alpha value is -1.61. The van der Waals surface area contributed by atoms with Crippen molar-refractivity contribution < 1.29 is 14.6 Å². The van der Waals surface area contributed by atoms with Gasteiger partial charge in [0.2, 0.25) is 6.29 Å². The lowest BCUT2D eigenvalue weighted by molar-refractivity contribution is -0.162. The molecule has 3 heteroatoms. The monoisotopic (exact) mass is 248 g/mol. The lowest BCUT2D eigenvalue weighted by atomic mass is 10.2. The average Bonchev–Trinajstić information content (AvgIpc) is 2.38. The molecule has 0 radical (unpaired) electrons. The van der Waals surface area contributed by atoms with Crippen molar-refractivity contribution in [3.8, 4) is 0 Å². The largest absolute Gasteiger partial charge is 0.433 e. The highest BCUT2D eigenvalue weighted by Crippen LogP contribution is 2.06. The van der Waals surface area contributed by atoms with Crippen LogP contribution in [0.4, 0.5) is 0 Å². The van der Waals surface area contributed by atoms with Gasteiger partial charge in [0.05, 0.1) is 0 Å². The standard InChI is InChI=1S/C15H20O3/c1-2-3-5-10-14(16)18-15(17)12-11-13-8-6-4-7-9-13/h4,6-9,11-12,14,16H,2-3,5,10H2,1H3/b12-11+. The molecule has 0 aliphatic rings. The summed E-state index contributed by atoms with van der Waals surface area (Å²) < 4.78 is 4.85. The molecule has 0 fully saturated rings. The van der Waals surface area contributed by atoms with Crippen LogP contribution in [0.3, 0.4) is 0 Å². The van der Waals surface area contributed by atoms with E-state index < -0.39 is 12.3 Å². The number of carbonyl (C=O) groups is 1. The van der Waals surface area contributed by atoms with Crippen molar-refractivity contribution in [2.45, 2.75) is 38.9 Å². The predicted molar refractivity (Wildman–Crippen MR) is 71.7 cm³/mol. The van der Waals surface area contributed by atoms with Crippen LogP contribution < -0.4 is 0 Å². The SMILES string of the molecule is CCCCCC(O)OC(=O)/C=C/c1ccccc1. The molecule has 3 nitrogen and oxygen atoms in total. The van der Waals surface area contributed by atoms with Gasteiger partial charge in [-0.3, -0.25) is 0 Å². The minimum atomic E-state index is -0.996. The van der Waals surface area contributed by atoms with Crippen LogP contribution >= 0.6 is 0 Å². The first-order valence-corrected chi connectivity index (χ1v) is 6.34. The molecule has 1 aromatic rings. The number of ether oxygens (including phenoxy) is 1. The number of unbranched alkanes of at least 4 members (excludes halogenated alkanes) is 2. The van der Waals surface area contributed by atoms with E-state index in [1.807, 2.05) is 30.3 Å². The van der Waals surface area contributed by atoms with Gasteiger partial charge in [-0.15, -0.1) is 0 Å². The van der Waals surface area contributed by atoms with E-state index in [0.29, 0.717) is 6.42 Å². The molecule has 0 bridgehead atoms. The molecule has 98 valence electrons. The van der Waals surface area contributed by atoms with Gasteiger partial charge in [-0.2, -0.15) is 0 Å². The smallest absolute Gasteiger partial charge is 0.333 e. The van der Waals surface area contributed by atoms with E-state index in [9.17, 15) is 9.90 Å². The van der Waals surface area contributed by atoms with E-state index in [2.05, 4.69) is 6.92 Å². The zero-order valence-electron chi connectivity index (χ0n) is 10.7. The number of hydrogen-bond donors (Lipinski definition) is 1. The predicted octanol–water partition coefficient (Wildman–Crippen LogP) is 3.14. The van der Waals surface area contributed by atoms with E-state index in [4.69, 9.17) is 4.74 Å². The molecule has 1 unspecified atom stereocenters. The first-order valence-electron chi connectivity index (χ1n) is 6.34. The number of esters is 1. The third-order valence-electron chi connectivity index (χ3n) is 2.52. The molecular formula is C15H20O3. The average molecular weight is 248 g/mol. The second-order valence-electron chi connectivity index (χ2n) is 4.13. The molecule has 0 heterocycles. The Morgan fingerprint density at radius 3 is 2.72 bits per heavy atom. The molecule has 0 spiro atoms. The van der Waals surface area contributed by atoms with Crippen molar-refractivity contribution >= 4 is 12.0 Å². The maximum Gasteiger partial charge on any atom is 0.333 e. The van der Waals surface area contributed by atoms with Crippen LogP contribution in [-0.4, -0.2) is 17.4 Å². The molecule has 0 amide bonds. The second kappa shape index (κ2) is 8.48. The lowest BCUT2D eigenvalue weighted by Crippen LogP contribution is -2.15. The van der Waals surface area contributed by atoms with E-state index >= 15 is 0 Å². The van der Waals surface area contributed by atoms with Gasteiger partial charge in [0.25, 0.3) is 0 Å². The van der Waals surface area contributed by atoms with Gasteiger partial charge < -0.3 is 9.84 Å². The van der Waals surface area contributed by atoms with Crippen molar-refractivity contribution in [1.29, 1.82) is 0 Å². The van der Waals surface area contributed by atoms with Gasteiger partial charge in [-0.25, -0.2) is 4.79 Å². The second-order valence-corrected chi connectivity index (χ2v) is 4.13. The van der Waals surface area contributed by atoms with Gasteiger partial charge in [0, 0.05) is 12.5 Å². The Balaban J connectivity index is 2.30. The number of hydrogen-bond acceptors (Lipinski definition) is 3. The molecular weight excluding hydrogens is 228 g/mol. The fourth-order valence-electron chi connectivity index (χ4n) is 1.53. The minimum absolute atomic E-state index is 0.499. The molecule has 1 rings (SSSR count). The molecule has 0 aliphatic carbocycles. The Kier molecular flexibility index (Phi) is 6.81. The summed E-state index contributed by atoms with van der Waals surface area (Å²) in [5, 5.41) is 9.47. The number of benzene rings is 1. The van der Waals surface area contributed by atoms with Crippen molar-refractivity contribution in [2.75, 3.05) is 0 Å². The molecule has 0 saturated carbocycles. The lowest BCUT2D eigenvalue weighted by Gasteiger charge is -2.09. The first-order chi connectivity index (χ1) is 8.72. The summed E-state index contributed by atoms with van der Waals surface area (Å²) in [4.78, 5) is 11.4. The first kappa shape index (κ1) is 14.5. The Bertz CT molecular complexity index is 371. The number of carbonyl (C=O) groups excluding carboxylic acids is 1. The van der Waals surface area contributed by atoms with Crippen molar-refractivity contribution in [1.82, 2.24) is 0 Å². The fraction of sp³-hybridized carbons (Fsp3) is 0.400. The zero-order chi connectivity index (χ0) is 13.2. The summed E-state index contributed by atoms with van der Waals surface area (Å²) >= 11 is 0. The number of aliphatic hydroxyl groups is 1. The molecule has 1 aromatic carbocycles. The van der Waals surface area contributed by atoms with Crippen LogP contribution in [0.25, 0.3) is 6.08 Å². The van der Waals surface area contributed by atoms with Gasteiger partial charge in [-0.05, 0) is 18.1 Å². The summed E-state index contributed by atoms with van der Waals surface area (Å²) in [6, 6.07) is 9.48. The van der Waals surface area contributed by atoms with E-state index in [1.165, 1.54) is 6.08 Å². The van der Waals surface area contributed by atoms with Crippen LogP contribution in [-0.2, 0) is 9.53 Å². The van der Waals surface area contributed by atoms with Gasteiger partial charge in [0.1, 0.15) is 0 Å². The topological polar surface area (TPSA) is 46.5 Å². The summed E-state index contributed by atoms with van der Waals surface area (Å²) in [6.07, 6.45) is 5.48. The Morgan fingerprint density at radius 2 is 2.06 bits per heavy atom. The Labute approximate surface area is 108 Å². The normalized spacial score (nSPS) is 12.6. The third kappa shape index (κ3) is 6.21. The van der Waals surface area contributed by atoms with Gasteiger partial charge >= 0.3 is 5.97 Å². The van der Waals surface area contributed by atoms with E-state index in [0.717, 1.165) is 24.8 Å². The molecule has 0 aliphatic heterocycles. The summed E-state index contributed by atoms with van der Waals surface area (Å²) in [5.41, 5.74) is 0.926. The van der Waals surface area contributed by atoms with Crippen molar-refractivity contribution in [3.05, 3.63) is 42.0 Å². The number of aliphatic hydroxyl groups excluding tert-OH is 1. The quantitative estimate of drug-likeness (QED) is 0.349. The highest BCUT2D eigenvalue weighted by molar-refractivity contribution is 5.87. The van der Waals surface area contributed by atoms with Crippen LogP contribution in [0.2, 0.25) is 0 Å². The Morgan fingerprint density at radius 1 is 1.33 bits per heavy atom. The van der Waals surface area contributed by atoms with Crippen LogP contribution in [0, 0.1) is 0 Å². The van der Waals surface area contributed by atoms with Crippen molar-refractivity contribution in [2.24, 2.45) is 0 Å². The summed E-state index contributed by atoms with van der Waals surface area (Å²) in [7, 11) is 0. The maximum absolute atomic E-state index is 11.4. The van der Waals surface area contributed by atoms with Crippen LogP contribution in [0.15, 0.2) is 36.4 Å². The van der Waals surface area contributed by atoms with Crippen LogP contribution in [0.1, 0.15) is 38.2 Å². The highest BCUT2D eigenvalue weighted by Gasteiger charge is 2.07. The van der Waals surface area contributed by atoms with Crippen LogP contribution in [0.5, 0.6) is 0 Å². The molecule has 18 heavy (non-hydrogen) atoms. The summed E-state index contributed by atoms with van der Waals surface area (Å²) in [5.74, 6) is -0.511. The van der Waals surface area contributed by atoms with E-state index in [1.54, 1.807) is 6.08 Å². The fourth-order valence-corrected chi connectivity index (χ4v) is 1.53. The number of rotatable bonds is 7. The molecule has 1 N–H and O–H groups in total. The molecule has 0 aromatic heterocycles. The molecule has 0 saturated heterocycles. The minimum Gasteiger partial charge on any atom is -0.433 e. The van der Waals surface area contributed by atoms with Gasteiger partial charge in [-0.1, -0.05) is 50.1 Å². The van der Waals surface area contributed by atoms with Crippen molar-refractivity contribution in [3.63, 3.8) is 0 Å². The van der Waals surface area contributed by atoms with Gasteiger partial charge in [0.15, 0.2) is 0 Å². The maximum atomic E-state index is 11.4. The molecule has 1 atom stereocenters. The summed E-state index contributed by atoms with van der Waals surface area (Å²) in [6.45, 7) is 2.08. The zero-order valence-corrected chi connectivity index (χ0v) is 10.7. The highest BCUT2D eigenvalue weighted by atomic mass is 16.6. The third-order valence-corrected chi connectivity index (χ3v) is 2.52. The van der Waals surface area contributed by atoms with E-state index in [-0.39, 0.29) is 0 Å².